The minimum absolute atomic E-state index is 0.00711. The molecule has 0 radical (unpaired) electrons. The number of fused-ring (bicyclic) bond motifs is 1. The van der Waals surface area contributed by atoms with Crippen molar-refractivity contribution in [1.29, 1.82) is 0 Å². The molecule has 2 aromatic carbocycles. The molecule has 8 nitrogen and oxygen atoms in total. The first kappa shape index (κ1) is 29.0. The van der Waals surface area contributed by atoms with Crippen LogP contribution >= 0.6 is 0 Å². The van der Waals surface area contributed by atoms with Crippen molar-refractivity contribution in [2.75, 3.05) is 5.32 Å². The van der Waals surface area contributed by atoms with Gasteiger partial charge in [0.15, 0.2) is 0 Å². The summed E-state index contributed by atoms with van der Waals surface area (Å²) in [5.41, 5.74) is 3.63. The highest BCUT2D eigenvalue weighted by Crippen LogP contribution is 2.65. The summed E-state index contributed by atoms with van der Waals surface area (Å²) in [6.45, 7) is 5.96. The number of anilines is 1. The topological polar surface area (TPSA) is 105 Å². The fourth-order valence-corrected chi connectivity index (χ4v) is 6.92. The molecule has 0 saturated heterocycles. The summed E-state index contributed by atoms with van der Waals surface area (Å²) in [5.74, 6) is -0.744. The van der Waals surface area contributed by atoms with Crippen molar-refractivity contribution in [1.82, 2.24) is 15.1 Å². The van der Waals surface area contributed by atoms with E-state index >= 15 is 0 Å². The first-order valence-electron chi connectivity index (χ1n) is 15.5. The van der Waals surface area contributed by atoms with Crippen LogP contribution < -0.4 is 10.6 Å². The van der Waals surface area contributed by atoms with E-state index in [4.69, 9.17) is 0 Å². The lowest BCUT2D eigenvalue weighted by Gasteiger charge is -2.34. The Hall–Kier alpha value is -4.07. The number of aromatic nitrogens is 2. The average molecular weight is 580 g/mol. The highest BCUT2D eigenvalue weighted by molar-refractivity contribution is 6.07. The second-order valence-electron chi connectivity index (χ2n) is 13.3. The number of benzene rings is 2. The lowest BCUT2D eigenvalue weighted by Crippen LogP contribution is -2.47. The molecule has 1 aromatic heterocycles. The molecule has 8 heteroatoms. The molecule has 1 heterocycles. The zero-order valence-electron chi connectivity index (χ0n) is 25.5. The number of nitrogens with one attached hydrogen (secondary N) is 2. The largest absolute Gasteiger partial charge is 0.353 e. The second-order valence-corrected chi connectivity index (χ2v) is 13.3. The summed E-state index contributed by atoms with van der Waals surface area (Å²) in [6, 6.07) is 17.6. The molecule has 2 unspecified atom stereocenters. The molecule has 2 saturated carbocycles. The van der Waals surface area contributed by atoms with Gasteiger partial charge in [0.2, 0.25) is 11.8 Å². The smallest absolute Gasteiger partial charge is 0.294 e. The van der Waals surface area contributed by atoms with Crippen LogP contribution in [0.4, 0.5) is 5.69 Å². The number of rotatable bonds is 9. The van der Waals surface area contributed by atoms with Crippen LogP contribution in [0.2, 0.25) is 0 Å². The van der Waals surface area contributed by atoms with Gasteiger partial charge >= 0.3 is 0 Å². The molecule has 2 fully saturated rings. The molecule has 43 heavy (non-hydrogen) atoms. The Bertz CT molecular complexity index is 1560. The normalized spacial score (nSPS) is 20.3. The van der Waals surface area contributed by atoms with Gasteiger partial charge in [-0.3, -0.25) is 19.1 Å². The van der Waals surface area contributed by atoms with Crippen LogP contribution in [0.3, 0.4) is 0 Å². The third-order valence-electron chi connectivity index (χ3n) is 10.2. The van der Waals surface area contributed by atoms with Crippen molar-refractivity contribution in [3.63, 3.8) is 0 Å². The molecule has 6 rings (SSSR count). The third-order valence-corrected chi connectivity index (χ3v) is 10.2. The van der Waals surface area contributed by atoms with Crippen LogP contribution in [0.1, 0.15) is 86.0 Å². The summed E-state index contributed by atoms with van der Waals surface area (Å²) in [4.78, 5) is 44.4. The van der Waals surface area contributed by atoms with E-state index in [1.165, 1.54) is 35.1 Å². The minimum Gasteiger partial charge on any atom is -0.353 e. The molecule has 0 bridgehead atoms. The first-order chi connectivity index (χ1) is 20.6. The quantitative estimate of drug-likeness (QED) is 0.323. The van der Waals surface area contributed by atoms with Gasteiger partial charge < -0.3 is 10.6 Å². The van der Waals surface area contributed by atoms with E-state index in [0.717, 1.165) is 24.8 Å². The highest BCUT2D eigenvalue weighted by atomic mass is 16.2. The van der Waals surface area contributed by atoms with E-state index in [1.54, 1.807) is 25.5 Å². The van der Waals surface area contributed by atoms with Crippen LogP contribution in [-0.4, -0.2) is 39.8 Å². The summed E-state index contributed by atoms with van der Waals surface area (Å²) in [6.07, 6.45) is 9.72. The van der Waals surface area contributed by atoms with Gasteiger partial charge in [-0.25, -0.2) is 4.99 Å². The van der Waals surface area contributed by atoms with Crippen LogP contribution in [-0.2, 0) is 28.5 Å². The van der Waals surface area contributed by atoms with Gasteiger partial charge in [0.25, 0.3) is 5.91 Å². The number of aryl methyl sites for hydroxylation is 1. The summed E-state index contributed by atoms with van der Waals surface area (Å²) in [5, 5.41) is 10.4. The monoisotopic (exact) mass is 579 g/mol. The van der Waals surface area contributed by atoms with Crippen molar-refractivity contribution in [2.45, 2.75) is 76.7 Å². The third kappa shape index (κ3) is 5.55. The number of nitrogens with zero attached hydrogens (tertiary/aromatic N) is 3. The molecule has 0 aliphatic heterocycles. The zero-order chi connectivity index (χ0) is 30.4. The number of hydrogen-bond acceptors (Lipinski definition) is 4. The molecule has 2 N–H and O–H groups in total. The number of amides is 3. The SMILES string of the molecule is C[C@H](NC(=O)C(C)(C)c1ccc(NC(=O)C(C=NC(=O)c2ccnn2C)C2c3ccccc3CC23CC3)cc1)C1CCC1. The maximum atomic E-state index is 14.0. The van der Waals surface area contributed by atoms with Crippen molar-refractivity contribution < 1.29 is 14.4 Å². The van der Waals surface area contributed by atoms with E-state index in [9.17, 15) is 14.4 Å². The van der Waals surface area contributed by atoms with Gasteiger partial charge in [0.05, 0.1) is 11.3 Å². The molecule has 3 aliphatic carbocycles. The summed E-state index contributed by atoms with van der Waals surface area (Å²) < 4.78 is 1.49. The molecule has 3 atom stereocenters. The van der Waals surface area contributed by atoms with Gasteiger partial charge in [-0.05, 0) is 99.1 Å². The van der Waals surface area contributed by atoms with Crippen LogP contribution in [0.15, 0.2) is 65.8 Å². The maximum Gasteiger partial charge on any atom is 0.294 e. The molecule has 224 valence electrons. The van der Waals surface area contributed by atoms with E-state index in [1.807, 2.05) is 50.2 Å². The van der Waals surface area contributed by atoms with Crippen LogP contribution in [0.25, 0.3) is 0 Å². The summed E-state index contributed by atoms with van der Waals surface area (Å²) in [7, 11) is 1.70. The Morgan fingerprint density at radius 1 is 1.07 bits per heavy atom. The predicted molar refractivity (Wildman–Crippen MR) is 167 cm³/mol. The predicted octanol–water partition coefficient (Wildman–Crippen LogP) is 5.59. The van der Waals surface area contributed by atoms with Gasteiger partial charge in [-0.2, -0.15) is 5.10 Å². The Morgan fingerprint density at radius 2 is 1.79 bits per heavy atom. The molecule has 3 aliphatic rings. The maximum absolute atomic E-state index is 14.0. The van der Waals surface area contributed by atoms with Gasteiger partial charge in [-0.1, -0.05) is 42.8 Å². The number of aliphatic imine (C=N–C) groups is 1. The van der Waals surface area contributed by atoms with E-state index < -0.39 is 17.2 Å². The van der Waals surface area contributed by atoms with Gasteiger partial charge in [0.1, 0.15) is 5.69 Å². The number of carbonyl (C=O) groups excluding carboxylic acids is 3. The van der Waals surface area contributed by atoms with E-state index in [0.29, 0.717) is 17.3 Å². The minimum atomic E-state index is -0.714. The van der Waals surface area contributed by atoms with Crippen LogP contribution in [0.5, 0.6) is 0 Å². The molecule has 1 spiro atoms. The first-order valence-corrected chi connectivity index (χ1v) is 15.5. The van der Waals surface area contributed by atoms with E-state index in [-0.39, 0.29) is 29.2 Å². The fourth-order valence-electron chi connectivity index (χ4n) is 6.92. The van der Waals surface area contributed by atoms with Crippen molar-refractivity contribution in [2.24, 2.45) is 29.3 Å². The fraction of sp³-hybridized carbons (Fsp3) is 0.457. The van der Waals surface area contributed by atoms with Crippen molar-refractivity contribution >= 4 is 29.6 Å². The number of carbonyl (C=O) groups is 3. The Labute approximate surface area is 253 Å². The van der Waals surface area contributed by atoms with Gasteiger partial charge in [-0.15, -0.1) is 0 Å². The molecule has 3 amide bonds. The standard InChI is InChI=1S/C35H41N5O3/c1-22(23-9-7-10-23)38-33(43)34(2,3)25-12-14-26(15-13-25)39-31(41)28(21-36-32(42)29-16-19-37-40(29)4)30-27-11-6-5-8-24(27)20-35(30)17-18-35/h5-6,8,11-16,19,21-23,28,30H,7,9-10,17-18,20H2,1-4H3,(H,38,43)(H,39,41)/t22-,28?,30?/m0/s1. The van der Waals surface area contributed by atoms with Gasteiger partial charge in [0, 0.05) is 37.1 Å². The summed E-state index contributed by atoms with van der Waals surface area (Å²) >= 11 is 0. The average Bonchev–Trinajstić information content (AvgIpc) is 3.46. The van der Waals surface area contributed by atoms with Crippen molar-refractivity contribution in [3.8, 4) is 0 Å². The van der Waals surface area contributed by atoms with Crippen LogP contribution in [0, 0.1) is 17.3 Å². The highest BCUT2D eigenvalue weighted by Gasteiger charge is 2.57. The Morgan fingerprint density at radius 3 is 2.42 bits per heavy atom. The zero-order valence-corrected chi connectivity index (χ0v) is 25.5. The number of hydrogen-bond donors (Lipinski definition) is 2. The molecular weight excluding hydrogens is 538 g/mol. The molecule has 3 aromatic rings. The Kier molecular flexibility index (Phi) is 7.57. The Balaban J connectivity index is 1.22. The lowest BCUT2D eigenvalue weighted by molar-refractivity contribution is -0.127. The second kappa shape index (κ2) is 11.2. The lowest BCUT2D eigenvalue weighted by atomic mass is 9.78. The molecular formula is C35H41N5O3. The van der Waals surface area contributed by atoms with E-state index in [2.05, 4.69) is 39.8 Å². The van der Waals surface area contributed by atoms with Crippen molar-refractivity contribution in [3.05, 3.63) is 83.2 Å².